The maximum Gasteiger partial charge on any atom is 0.161 e. The Bertz CT molecular complexity index is 821. The molecule has 0 spiro atoms. The standard InChI is InChI=1S/C16H12F3N3/c17-12-4-2-1-3-10(12)5-6-20-16-11-7-13(18)14(19)8-15(11)21-9-22-16/h1-4,7-9H,5-6H2,(H,20,21,22). The van der Waals surface area contributed by atoms with Crippen LogP contribution in [0.25, 0.3) is 10.9 Å². The van der Waals surface area contributed by atoms with Crippen LogP contribution in [-0.2, 0) is 6.42 Å². The predicted octanol–water partition coefficient (Wildman–Crippen LogP) is 3.70. The Morgan fingerprint density at radius 2 is 1.68 bits per heavy atom. The normalized spacial score (nSPS) is 10.9. The average Bonchev–Trinajstić information content (AvgIpc) is 2.51. The van der Waals surface area contributed by atoms with Gasteiger partial charge in [-0.3, -0.25) is 0 Å². The first-order valence-electron chi connectivity index (χ1n) is 6.72. The summed E-state index contributed by atoms with van der Waals surface area (Å²) in [5.74, 6) is -1.80. The highest BCUT2D eigenvalue weighted by Gasteiger charge is 2.09. The molecule has 1 aromatic heterocycles. The summed E-state index contributed by atoms with van der Waals surface area (Å²) in [5.41, 5.74) is 0.882. The monoisotopic (exact) mass is 303 g/mol. The van der Waals surface area contributed by atoms with Gasteiger partial charge in [0.2, 0.25) is 0 Å². The zero-order chi connectivity index (χ0) is 15.5. The summed E-state index contributed by atoms with van der Waals surface area (Å²) in [6.07, 6.45) is 1.72. The van der Waals surface area contributed by atoms with E-state index in [4.69, 9.17) is 0 Å². The Hall–Kier alpha value is -2.63. The number of benzene rings is 2. The largest absolute Gasteiger partial charge is 0.369 e. The fraction of sp³-hybridized carbons (Fsp3) is 0.125. The Kier molecular flexibility index (Phi) is 3.91. The van der Waals surface area contributed by atoms with E-state index < -0.39 is 11.6 Å². The van der Waals surface area contributed by atoms with E-state index in [1.807, 2.05) is 0 Å². The lowest BCUT2D eigenvalue weighted by Gasteiger charge is -2.09. The number of aromatic nitrogens is 2. The van der Waals surface area contributed by atoms with E-state index in [9.17, 15) is 13.2 Å². The average molecular weight is 303 g/mol. The number of rotatable bonds is 4. The van der Waals surface area contributed by atoms with Gasteiger partial charge in [-0.2, -0.15) is 0 Å². The molecule has 1 heterocycles. The lowest BCUT2D eigenvalue weighted by Crippen LogP contribution is -2.08. The Morgan fingerprint density at radius 1 is 0.909 bits per heavy atom. The molecular formula is C16H12F3N3. The molecule has 0 radical (unpaired) electrons. The molecule has 0 amide bonds. The molecule has 2 aromatic carbocycles. The minimum atomic E-state index is -0.959. The van der Waals surface area contributed by atoms with Crippen molar-refractivity contribution in [3.05, 3.63) is 65.7 Å². The van der Waals surface area contributed by atoms with E-state index in [-0.39, 0.29) is 5.82 Å². The summed E-state index contributed by atoms with van der Waals surface area (Å²) in [7, 11) is 0. The third-order valence-corrected chi connectivity index (χ3v) is 3.32. The third-order valence-electron chi connectivity index (χ3n) is 3.32. The molecule has 0 saturated heterocycles. The van der Waals surface area contributed by atoms with E-state index in [1.165, 1.54) is 12.4 Å². The zero-order valence-electron chi connectivity index (χ0n) is 11.5. The maximum absolute atomic E-state index is 13.5. The van der Waals surface area contributed by atoms with Crippen molar-refractivity contribution in [1.82, 2.24) is 9.97 Å². The van der Waals surface area contributed by atoms with Gasteiger partial charge in [0.15, 0.2) is 11.6 Å². The Morgan fingerprint density at radius 3 is 2.50 bits per heavy atom. The smallest absolute Gasteiger partial charge is 0.161 e. The van der Waals surface area contributed by atoms with Crippen LogP contribution in [0.2, 0.25) is 0 Å². The lowest BCUT2D eigenvalue weighted by molar-refractivity contribution is 0.510. The van der Waals surface area contributed by atoms with Crippen LogP contribution in [0.1, 0.15) is 5.56 Å². The number of anilines is 1. The van der Waals surface area contributed by atoms with E-state index in [1.54, 1.807) is 18.2 Å². The predicted molar refractivity (Wildman–Crippen MR) is 78.0 cm³/mol. The highest BCUT2D eigenvalue weighted by Crippen LogP contribution is 2.22. The van der Waals surface area contributed by atoms with Crippen molar-refractivity contribution >= 4 is 16.7 Å². The van der Waals surface area contributed by atoms with E-state index in [0.717, 1.165) is 12.1 Å². The van der Waals surface area contributed by atoms with Gasteiger partial charge in [0, 0.05) is 18.0 Å². The highest BCUT2D eigenvalue weighted by atomic mass is 19.2. The second kappa shape index (κ2) is 6.01. The van der Waals surface area contributed by atoms with Gasteiger partial charge >= 0.3 is 0 Å². The second-order valence-electron chi connectivity index (χ2n) is 4.77. The molecule has 22 heavy (non-hydrogen) atoms. The van der Waals surface area contributed by atoms with Gasteiger partial charge in [0.05, 0.1) is 5.52 Å². The van der Waals surface area contributed by atoms with Gasteiger partial charge in [-0.1, -0.05) is 18.2 Å². The van der Waals surface area contributed by atoms with Crippen LogP contribution in [0.15, 0.2) is 42.7 Å². The quantitative estimate of drug-likeness (QED) is 0.798. The number of nitrogens with one attached hydrogen (secondary N) is 1. The van der Waals surface area contributed by atoms with Crippen LogP contribution >= 0.6 is 0 Å². The van der Waals surface area contributed by atoms with Crippen molar-refractivity contribution in [3.63, 3.8) is 0 Å². The third kappa shape index (κ3) is 2.86. The summed E-state index contributed by atoms with van der Waals surface area (Å²) < 4.78 is 40.1. The topological polar surface area (TPSA) is 37.8 Å². The number of hydrogen-bond donors (Lipinski definition) is 1. The molecule has 3 aromatic rings. The summed E-state index contributed by atoms with van der Waals surface area (Å²) in [5, 5.41) is 3.39. The molecule has 0 aliphatic heterocycles. The maximum atomic E-state index is 13.5. The van der Waals surface area contributed by atoms with Crippen molar-refractivity contribution in [1.29, 1.82) is 0 Å². The Labute approximate surface area is 124 Å². The van der Waals surface area contributed by atoms with Crippen LogP contribution in [0.3, 0.4) is 0 Å². The lowest BCUT2D eigenvalue weighted by atomic mass is 10.1. The summed E-state index contributed by atoms with van der Waals surface area (Å²) in [4.78, 5) is 7.93. The van der Waals surface area contributed by atoms with Crippen LogP contribution in [0.4, 0.5) is 19.0 Å². The van der Waals surface area contributed by atoms with Gasteiger partial charge in [-0.05, 0) is 24.1 Å². The fourth-order valence-corrected chi connectivity index (χ4v) is 2.21. The summed E-state index contributed by atoms with van der Waals surface area (Å²) >= 11 is 0. The fourth-order valence-electron chi connectivity index (χ4n) is 2.21. The first-order valence-corrected chi connectivity index (χ1v) is 6.72. The van der Waals surface area contributed by atoms with Crippen molar-refractivity contribution in [2.75, 3.05) is 11.9 Å². The van der Waals surface area contributed by atoms with E-state index in [2.05, 4.69) is 15.3 Å². The van der Waals surface area contributed by atoms with Crippen molar-refractivity contribution in [2.24, 2.45) is 0 Å². The number of hydrogen-bond acceptors (Lipinski definition) is 3. The first kappa shape index (κ1) is 14.3. The number of nitrogens with zero attached hydrogens (tertiary/aromatic N) is 2. The Balaban J connectivity index is 1.79. The molecular weight excluding hydrogens is 291 g/mol. The van der Waals surface area contributed by atoms with Crippen molar-refractivity contribution in [2.45, 2.75) is 6.42 Å². The SMILES string of the molecule is Fc1cc2ncnc(NCCc3ccccc3F)c2cc1F. The molecule has 0 unspecified atom stereocenters. The molecule has 0 bridgehead atoms. The van der Waals surface area contributed by atoms with E-state index >= 15 is 0 Å². The summed E-state index contributed by atoms with van der Waals surface area (Å²) in [6.45, 7) is 0.409. The van der Waals surface area contributed by atoms with Gasteiger partial charge in [-0.15, -0.1) is 0 Å². The summed E-state index contributed by atoms with van der Waals surface area (Å²) in [6, 6.07) is 8.56. The zero-order valence-corrected chi connectivity index (χ0v) is 11.5. The van der Waals surface area contributed by atoms with Crippen molar-refractivity contribution in [3.8, 4) is 0 Å². The molecule has 0 aliphatic carbocycles. The van der Waals surface area contributed by atoms with Crippen LogP contribution < -0.4 is 5.32 Å². The van der Waals surface area contributed by atoms with Gasteiger partial charge in [0.1, 0.15) is 18.0 Å². The van der Waals surface area contributed by atoms with Gasteiger partial charge < -0.3 is 5.32 Å². The van der Waals surface area contributed by atoms with Gasteiger partial charge in [0.25, 0.3) is 0 Å². The first-order chi connectivity index (χ1) is 10.6. The molecule has 0 saturated carbocycles. The molecule has 3 rings (SSSR count). The number of halogens is 3. The minimum absolute atomic E-state index is 0.273. The van der Waals surface area contributed by atoms with Crippen molar-refractivity contribution < 1.29 is 13.2 Å². The van der Waals surface area contributed by atoms with Crippen LogP contribution in [0, 0.1) is 17.5 Å². The van der Waals surface area contributed by atoms with Crippen LogP contribution in [0.5, 0.6) is 0 Å². The molecule has 1 N–H and O–H groups in total. The molecule has 6 heteroatoms. The molecule has 112 valence electrons. The van der Waals surface area contributed by atoms with Gasteiger partial charge in [-0.25, -0.2) is 23.1 Å². The molecule has 0 fully saturated rings. The number of fused-ring (bicyclic) bond motifs is 1. The highest BCUT2D eigenvalue weighted by molar-refractivity contribution is 5.88. The van der Waals surface area contributed by atoms with E-state index in [0.29, 0.717) is 35.2 Å². The second-order valence-corrected chi connectivity index (χ2v) is 4.77. The molecule has 3 nitrogen and oxygen atoms in total. The minimum Gasteiger partial charge on any atom is -0.369 e. The molecule has 0 aliphatic rings. The molecule has 0 atom stereocenters. The van der Waals surface area contributed by atoms with Crippen LogP contribution in [-0.4, -0.2) is 16.5 Å².